The predicted molar refractivity (Wildman–Crippen MR) is 45.2 cm³/mol. The van der Waals surface area contributed by atoms with Crippen molar-refractivity contribution in [1.29, 1.82) is 0 Å². The lowest BCUT2D eigenvalue weighted by molar-refractivity contribution is 0.741. The molecule has 1 rings (SSSR count). The largest absolute Gasteiger partial charge is 0.262 e. The first-order valence-corrected chi connectivity index (χ1v) is 4.63. The molecule has 0 aromatic carbocycles. The van der Waals surface area contributed by atoms with Crippen LogP contribution in [0.15, 0.2) is 6.20 Å². The summed E-state index contributed by atoms with van der Waals surface area (Å²) in [6.45, 7) is 4.12. The average molecular weight is 156 g/mol. The van der Waals surface area contributed by atoms with Crippen molar-refractivity contribution >= 4 is 11.8 Å². The SMILES string of the molecule is CSCn1cc(C)c(C)n1. The summed E-state index contributed by atoms with van der Waals surface area (Å²) in [5.41, 5.74) is 2.41. The van der Waals surface area contributed by atoms with E-state index in [9.17, 15) is 0 Å². The number of aromatic nitrogens is 2. The maximum atomic E-state index is 4.30. The Morgan fingerprint density at radius 2 is 2.30 bits per heavy atom. The van der Waals surface area contributed by atoms with Crippen molar-refractivity contribution in [3.63, 3.8) is 0 Å². The van der Waals surface area contributed by atoms with Gasteiger partial charge < -0.3 is 0 Å². The van der Waals surface area contributed by atoms with E-state index in [-0.39, 0.29) is 0 Å². The van der Waals surface area contributed by atoms with Gasteiger partial charge in [0.2, 0.25) is 0 Å². The van der Waals surface area contributed by atoms with E-state index < -0.39 is 0 Å². The molecule has 1 heterocycles. The molecule has 0 aliphatic rings. The summed E-state index contributed by atoms with van der Waals surface area (Å²) in [4.78, 5) is 0. The van der Waals surface area contributed by atoms with E-state index in [2.05, 4.69) is 24.5 Å². The highest BCUT2D eigenvalue weighted by Crippen LogP contribution is 2.05. The maximum Gasteiger partial charge on any atom is 0.0860 e. The van der Waals surface area contributed by atoms with Gasteiger partial charge in [0.25, 0.3) is 0 Å². The third kappa shape index (κ3) is 1.53. The highest BCUT2D eigenvalue weighted by molar-refractivity contribution is 7.97. The fourth-order valence-electron chi connectivity index (χ4n) is 0.816. The number of thioether (sulfide) groups is 1. The van der Waals surface area contributed by atoms with E-state index in [1.807, 2.05) is 11.6 Å². The summed E-state index contributed by atoms with van der Waals surface area (Å²) in [5, 5.41) is 4.30. The van der Waals surface area contributed by atoms with Gasteiger partial charge in [0.15, 0.2) is 0 Å². The van der Waals surface area contributed by atoms with Crippen LogP contribution in [-0.2, 0) is 5.88 Å². The summed E-state index contributed by atoms with van der Waals surface area (Å²) < 4.78 is 1.97. The van der Waals surface area contributed by atoms with Gasteiger partial charge in [-0.05, 0) is 25.7 Å². The van der Waals surface area contributed by atoms with Crippen LogP contribution in [0.2, 0.25) is 0 Å². The molecule has 0 saturated heterocycles. The van der Waals surface area contributed by atoms with Gasteiger partial charge in [-0.3, -0.25) is 4.68 Å². The minimum absolute atomic E-state index is 0.953. The van der Waals surface area contributed by atoms with Gasteiger partial charge in [0.05, 0.1) is 11.6 Å². The van der Waals surface area contributed by atoms with E-state index in [0.717, 1.165) is 11.6 Å². The Morgan fingerprint density at radius 3 is 2.70 bits per heavy atom. The van der Waals surface area contributed by atoms with Gasteiger partial charge in [0.1, 0.15) is 0 Å². The Bertz CT molecular complexity index is 198. The summed E-state index contributed by atoms with van der Waals surface area (Å²) in [6, 6.07) is 0. The van der Waals surface area contributed by atoms with E-state index in [4.69, 9.17) is 0 Å². The Labute approximate surface area is 65.6 Å². The molecule has 0 atom stereocenters. The Hall–Kier alpha value is -0.440. The smallest absolute Gasteiger partial charge is 0.0860 e. The van der Waals surface area contributed by atoms with E-state index in [1.54, 1.807) is 11.8 Å². The zero-order chi connectivity index (χ0) is 7.56. The number of nitrogens with zero attached hydrogens (tertiary/aromatic N) is 2. The van der Waals surface area contributed by atoms with Crippen molar-refractivity contribution < 1.29 is 0 Å². The Kier molecular flexibility index (Phi) is 2.38. The van der Waals surface area contributed by atoms with Crippen LogP contribution >= 0.6 is 11.8 Å². The normalized spacial score (nSPS) is 10.3. The second-order valence-corrected chi connectivity index (χ2v) is 3.19. The molecule has 56 valence electrons. The van der Waals surface area contributed by atoms with Crippen LogP contribution in [0.3, 0.4) is 0 Å². The van der Waals surface area contributed by atoms with Crippen molar-refractivity contribution in [3.05, 3.63) is 17.5 Å². The van der Waals surface area contributed by atoms with E-state index in [1.165, 1.54) is 5.56 Å². The van der Waals surface area contributed by atoms with Crippen LogP contribution in [0.4, 0.5) is 0 Å². The zero-order valence-electron chi connectivity index (χ0n) is 6.59. The van der Waals surface area contributed by atoms with Gasteiger partial charge in [-0.1, -0.05) is 0 Å². The summed E-state index contributed by atoms with van der Waals surface area (Å²) in [6.07, 6.45) is 4.15. The zero-order valence-corrected chi connectivity index (χ0v) is 7.40. The molecule has 3 heteroatoms. The molecule has 2 nitrogen and oxygen atoms in total. The van der Waals surface area contributed by atoms with Crippen molar-refractivity contribution in [1.82, 2.24) is 9.78 Å². The summed E-state index contributed by atoms with van der Waals surface area (Å²) in [7, 11) is 0. The first kappa shape index (κ1) is 7.66. The fraction of sp³-hybridized carbons (Fsp3) is 0.571. The van der Waals surface area contributed by atoms with Gasteiger partial charge in [-0.2, -0.15) is 5.10 Å². The highest BCUT2D eigenvalue weighted by atomic mass is 32.2. The summed E-state index contributed by atoms with van der Waals surface area (Å²) in [5.74, 6) is 0.953. The molecule has 0 amide bonds. The van der Waals surface area contributed by atoms with Crippen LogP contribution in [0.5, 0.6) is 0 Å². The molecule has 0 bridgehead atoms. The van der Waals surface area contributed by atoms with E-state index >= 15 is 0 Å². The van der Waals surface area contributed by atoms with Crippen LogP contribution < -0.4 is 0 Å². The monoisotopic (exact) mass is 156 g/mol. The number of aryl methyl sites for hydroxylation is 2. The molecular formula is C7H12N2S. The van der Waals surface area contributed by atoms with Crippen LogP contribution in [0.1, 0.15) is 11.3 Å². The predicted octanol–water partition coefficient (Wildman–Crippen LogP) is 1.82. The molecule has 10 heavy (non-hydrogen) atoms. The molecular weight excluding hydrogens is 144 g/mol. The van der Waals surface area contributed by atoms with E-state index in [0.29, 0.717) is 0 Å². The molecule has 0 fully saturated rings. The van der Waals surface area contributed by atoms with Crippen molar-refractivity contribution in [2.45, 2.75) is 19.7 Å². The quantitative estimate of drug-likeness (QED) is 0.650. The lowest BCUT2D eigenvalue weighted by Crippen LogP contribution is -1.93. The third-order valence-electron chi connectivity index (χ3n) is 1.45. The third-order valence-corrected chi connectivity index (χ3v) is 1.98. The first-order valence-electron chi connectivity index (χ1n) is 3.23. The Balaban J connectivity index is 2.77. The number of hydrogen-bond acceptors (Lipinski definition) is 2. The molecule has 0 spiro atoms. The highest BCUT2D eigenvalue weighted by Gasteiger charge is 1.96. The second kappa shape index (κ2) is 3.10. The standard InChI is InChI=1S/C7H12N2S/c1-6-4-9(5-10-3)8-7(6)2/h4H,5H2,1-3H3. The molecule has 0 aliphatic heterocycles. The Morgan fingerprint density at radius 1 is 1.60 bits per heavy atom. The average Bonchev–Trinajstić information content (AvgIpc) is 2.14. The molecule has 1 aromatic rings. The lowest BCUT2D eigenvalue weighted by Gasteiger charge is -1.93. The maximum absolute atomic E-state index is 4.30. The second-order valence-electron chi connectivity index (χ2n) is 2.35. The van der Waals surface area contributed by atoms with Gasteiger partial charge in [0, 0.05) is 6.20 Å². The van der Waals surface area contributed by atoms with Crippen LogP contribution in [0, 0.1) is 13.8 Å². The van der Waals surface area contributed by atoms with Crippen LogP contribution in [0.25, 0.3) is 0 Å². The van der Waals surface area contributed by atoms with Gasteiger partial charge in [-0.15, -0.1) is 11.8 Å². The topological polar surface area (TPSA) is 17.8 Å². The first-order chi connectivity index (χ1) is 4.74. The molecule has 1 aromatic heterocycles. The number of hydrogen-bond donors (Lipinski definition) is 0. The molecule has 0 N–H and O–H groups in total. The van der Waals surface area contributed by atoms with Crippen LogP contribution in [-0.4, -0.2) is 16.0 Å². The molecule has 0 saturated carbocycles. The molecule has 0 unspecified atom stereocenters. The molecule has 0 radical (unpaired) electrons. The van der Waals surface area contributed by atoms with Gasteiger partial charge in [-0.25, -0.2) is 0 Å². The minimum Gasteiger partial charge on any atom is -0.262 e. The lowest BCUT2D eigenvalue weighted by atomic mass is 10.3. The van der Waals surface area contributed by atoms with Crippen molar-refractivity contribution in [3.8, 4) is 0 Å². The van der Waals surface area contributed by atoms with Crippen molar-refractivity contribution in [2.75, 3.05) is 6.26 Å². The van der Waals surface area contributed by atoms with Gasteiger partial charge >= 0.3 is 0 Å². The fourth-order valence-corrected chi connectivity index (χ4v) is 1.21. The summed E-state index contributed by atoms with van der Waals surface area (Å²) >= 11 is 1.78. The minimum atomic E-state index is 0.953. The number of rotatable bonds is 2. The molecule has 0 aliphatic carbocycles. The van der Waals surface area contributed by atoms with Crippen molar-refractivity contribution in [2.24, 2.45) is 0 Å².